The van der Waals surface area contributed by atoms with E-state index < -0.39 is 6.10 Å². The third kappa shape index (κ3) is 3.53. The summed E-state index contributed by atoms with van der Waals surface area (Å²) in [4.78, 5) is 18.3. The maximum absolute atomic E-state index is 12.4. The van der Waals surface area contributed by atoms with Crippen LogP contribution < -0.4 is 4.74 Å². The molecule has 1 saturated carbocycles. The first-order valence-electron chi connectivity index (χ1n) is 7.69. The molecule has 0 aromatic carbocycles. The quantitative estimate of drug-likeness (QED) is 0.917. The molecule has 1 amide bonds. The first-order chi connectivity index (χ1) is 10.1. The fourth-order valence-corrected chi connectivity index (χ4v) is 2.50. The van der Waals surface area contributed by atoms with Crippen LogP contribution in [0.4, 0.5) is 0 Å². The molecule has 0 spiro atoms. The van der Waals surface area contributed by atoms with Gasteiger partial charge in [-0.25, -0.2) is 4.98 Å². The lowest BCUT2D eigenvalue weighted by Crippen LogP contribution is -2.45. The van der Waals surface area contributed by atoms with Crippen LogP contribution in [0.15, 0.2) is 18.3 Å². The van der Waals surface area contributed by atoms with Crippen LogP contribution in [0.2, 0.25) is 0 Å². The van der Waals surface area contributed by atoms with E-state index in [1.54, 1.807) is 23.2 Å². The number of piperidine rings is 1. The van der Waals surface area contributed by atoms with Gasteiger partial charge in [-0.3, -0.25) is 4.79 Å². The molecule has 1 saturated heterocycles. The lowest BCUT2D eigenvalue weighted by Gasteiger charge is -2.34. The average molecular weight is 290 g/mol. The van der Waals surface area contributed by atoms with Gasteiger partial charge < -0.3 is 14.7 Å². The molecule has 3 rings (SSSR count). The minimum Gasteiger partial charge on any atom is -0.477 e. The number of nitrogens with zero attached hydrogens (tertiary/aromatic N) is 2. The number of aliphatic hydroxyl groups excluding tert-OH is 1. The van der Waals surface area contributed by atoms with Gasteiger partial charge in [-0.2, -0.15) is 0 Å². The van der Waals surface area contributed by atoms with Gasteiger partial charge >= 0.3 is 0 Å². The van der Waals surface area contributed by atoms with Gasteiger partial charge in [0.2, 0.25) is 5.88 Å². The van der Waals surface area contributed by atoms with Gasteiger partial charge in [0, 0.05) is 25.4 Å². The summed E-state index contributed by atoms with van der Waals surface area (Å²) >= 11 is 0. The van der Waals surface area contributed by atoms with Crippen LogP contribution in [0.25, 0.3) is 0 Å². The Kier molecular flexibility index (Phi) is 4.10. The maximum atomic E-state index is 12.4. The van der Waals surface area contributed by atoms with E-state index in [1.165, 1.54) is 12.8 Å². The number of carbonyl (C=O) groups excluding carboxylic acids is 1. The van der Waals surface area contributed by atoms with Crippen molar-refractivity contribution in [2.24, 2.45) is 11.8 Å². The molecule has 2 fully saturated rings. The number of pyridine rings is 1. The summed E-state index contributed by atoms with van der Waals surface area (Å²) < 4.78 is 5.57. The van der Waals surface area contributed by atoms with E-state index in [-0.39, 0.29) is 11.8 Å². The van der Waals surface area contributed by atoms with Gasteiger partial charge in [-0.15, -0.1) is 0 Å². The monoisotopic (exact) mass is 290 g/mol. The summed E-state index contributed by atoms with van der Waals surface area (Å²) in [5, 5.41) is 9.89. The van der Waals surface area contributed by atoms with E-state index in [9.17, 15) is 9.90 Å². The van der Waals surface area contributed by atoms with E-state index in [0.717, 1.165) is 13.0 Å². The van der Waals surface area contributed by atoms with Crippen LogP contribution in [0, 0.1) is 11.8 Å². The molecule has 0 bridgehead atoms. The second-order valence-electron chi connectivity index (χ2n) is 6.22. The zero-order valence-corrected chi connectivity index (χ0v) is 12.4. The molecular formula is C16H22N2O3. The van der Waals surface area contributed by atoms with Gasteiger partial charge in [-0.05, 0) is 37.2 Å². The SMILES string of the molecule is CC1CCN(C(=O)c2ccc(OCC3CC3)nc2)CC1O. The Labute approximate surface area is 124 Å². The highest BCUT2D eigenvalue weighted by Gasteiger charge is 2.28. The molecule has 2 aliphatic rings. The average Bonchev–Trinajstić information content (AvgIpc) is 3.32. The lowest BCUT2D eigenvalue weighted by molar-refractivity contribution is 0.0248. The zero-order chi connectivity index (χ0) is 14.8. The summed E-state index contributed by atoms with van der Waals surface area (Å²) in [6.45, 7) is 3.83. The Bertz CT molecular complexity index is 499. The molecule has 2 unspecified atom stereocenters. The molecule has 114 valence electrons. The van der Waals surface area contributed by atoms with Gasteiger partial charge in [0.25, 0.3) is 5.91 Å². The molecule has 5 heteroatoms. The van der Waals surface area contributed by atoms with Gasteiger partial charge in [0.1, 0.15) is 0 Å². The van der Waals surface area contributed by atoms with E-state index in [4.69, 9.17) is 4.74 Å². The van der Waals surface area contributed by atoms with E-state index in [2.05, 4.69) is 4.98 Å². The van der Waals surface area contributed by atoms with Crippen molar-refractivity contribution in [2.75, 3.05) is 19.7 Å². The fraction of sp³-hybridized carbons (Fsp3) is 0.625. The summed E-state index contributed by atoms with van der Waals surface area (Å²) in [6, 6.07) is 3.50. The number of hydrogen-bond acceptors (Lipinski definition) is 4. The maximum Gasteiger partial charge on any atom is 0.255 e. The molecule has 0 radical (unpaired) electrons. The minimum absolute atomic E-state index is 0.0674. The molecule has 2 atom stereocenters. The molecule has 1 N–H and O–H groups in total. The number of amides is 1. The van der Waals surface area contributed by atoms with Crippen molar-refractivity contribution in [3.63, 3.8) is 0 Å². The molecule has 1 aromatic heterocycles. The second-order valence-corrected chi connectivity index (χ2v) is 6.22. The summed E-state index contributed by atoms with van der Waals surface area (Å²) in [6.07, 6.45) is 4.45. The summed E-state index contributed by atoms with van der Waals surface area (Å²) in [5.74, 6) is 1.45. The molecule has 1 aliphatic carbocycles. The Morgan fingerprint density at radius 1 is 1.43 bits per heavy atom. The normalized spacial score (nSPS) is 25.7. The largest absolute Gasteiger partial charge is 0.477 e. The van der Waals surface area contributed by atoms with E-state index in [0.29, 0.717) is 30.5 Å². The number of rotatable bonds is 4. The molecule has 1 aliphatic heterocycles. The topological polar surface area (TPSA) is 62.7 Å². The first kappa shape index (κ1) is 14.3. The minimum atomic E-state index is -0.434. The van der Waals surface area contributed by atoms with Crippen molar-refractivity contribution >= 4 is 5.91 Å². The second kappa shape index (κ2) is 6.02. The van der Waals surface area contributed by atoms with Crippen molar-refractivity contribution in [2.45, 2.75) is 32.3 Å². The van der Waals surface area contributed by atoms with Crippen molar-refractivity contribution in [1.82, 2.24) is 9.88 Å². The van der Waals surface area contributed by atoms with Crippen molar-refractivity contribution in [1.29, 1.82) is 0 Å². The number of likely N-dealkylation sites (tertiary alicyclic amines) is 1. The van der Waals surface area contributed by atoms with Gasteiger partial charge in [0.15, 0.2) is 0 Å². The number of aliphatic hydroxyl groups is 1. The molecule has 1 aromatic rings. The zero-order valence-electron chi connectivity index (χ0n) is 12.4. The van der Waals surface area contributed by atoms with Crippen LogP contribution in [0.3, 0.4) is 0 Å². The first-order valence-corrected chi connectivity index (χ1v) is 7.69. The van der Waals surface area contributed by atoms with E-state index in [1.807, 2.05) is 6.92 Å². The fourth-order valence-electron chi connectivity index (χ4n) is 2.50. The van der Waals surface area contributed by atoms with Crippen LogP contribution in [0.5, 0.6) is 5.88 Å². The molecule has 21 heavy (non-hydrogen) atoms. The highest BCUT2D eigenvalue weighted by atomic mass is 16.5. The Morgan fingerprint density at radius 3 is 2.86 bits per heavy atom. The molecular weight excluding hydrogens is 268 g/mol. The number of ether oxygens (including phenoxy) is 1. The van der Waals surface area contributed by atoms with Crippen molar-refractivity contribution in [3.8, 4) is 5.88 Å². The number of aromatic nitrogens is 1. The van der Waals surface area contributed by atoms with Gasteiger partial charge in [-0.1, -0.05) is 6.92 Å². The smallest absolute Gasteiger partial charge is 0.255 e. The van der Waals surface area contributed by atoms with Crippen LogP contribution in [-0.2, 0) is 0 Å². The standard InChI is InChI=1S/C16H22N2O3/c1-11-6-7-18(9-14(11)19)16(20)13-4-5-15(17-8-13)21-10-12-2-3-12/h4-5,8,11-12,14,19H,2-3,6-7,9-10H2,1H3. The highest BCUT2D eigenvalue weighted by Crippen LogP contribution is 2.29. The van der Waals surface area contributed by atoms with Crippen LogP contribution in [0.1, 0.15) is 36.5 Å². The van der Waals surface area contributed by atoms with E-state index >= 15 is 0 Å². The molecule has 5 nitrogen and oxygen atoms in total. The predicted molar refractivity (Wildman–Crippen MR) is 78.1 cm³/mol. The predicted octanol–water partition coefficient (Wildman–Crippen LogP) is 1.71. The van der Waals surface area contributed by atoms with Crippen molar-refractivity contribution < 1.29 is 14.6 Å². The third-order valence-corrected chi connectivity index (χ3v) is 4.35. The number of hydrogen-bond donors (Lipinski definition) is 1. The summed E-state index contributed by atoms with van der Waals surface area (Å²) in [7, 11) is 0. The lowest BCUT2D eigenvalue weighted by atomic mass is 9.96. The molecule has 2 heterocycles. The third-order valence-electron chi connectivity index (χ3n) is 4.35. The number of carbonyl (C=O) groups is 1. The van der Waals surface area contributed by atoms with Gasteiger partial charge in [0.05, 0.1) is 18.3 Å². The Hall–Kier alpha value is -1.62. The van der Waals surface area contributed by atoms with Crippen molar-refractivity contribution in [3.05, 3.63) is 23.9 Å². The number of β-amino-alcohol motifs (C(OH)–C–C–N with tert-alkyl or cyclic N) is 1. The Morgan fingerprint density at radius 2 is 2.24 bits per heavy atom. The highest BCUT2D eigenvalue weighted by molar-refractivity contribution is 5.94. The van der Waals surface area contributed by atoms with Crippen LogP contribution >= 0.6 is 0 Å². The van der Waals surface area contributed by atoms with Crippen LogP contribution in [-0.4, -0.2) is 46.7 Å². The Balaban J connectivity index is 1.58. The summed E-state index contributed by atoms with van der Waals surface area (Å²) in [5.41, 5.74) is 0.551.